The van der Waals surface area contributed by atoms with E-state index in [0.29, 0.717) is 11.5 Å². The van der Waals surface area contributed by atoms with Gasteiger partial charge in [-0.1, -0.05) is 11.8 Å². The lowest BCUT2D eigenvalue weighted by atomic mass is 10.1. The minimum absolute atomic E-state index is 0.0926. The number of aliphatic hydroxyl groups is 1. The van der Waals surface area contributed by atoms with E-state index < -0.39 is 5.82 Å². The summed E-state index contributed by atoms with van der Waals surface area (Å²) in [6, 6.07) is 4.40. The molecule has 2 rings (SSSR count). The van der Waals surface area contributed by atoms with Gasteiger partial charge in [-0.25, -0.2) is 4.39 Å². The molecule has 1 aromatic carbocycles. The number of benzene rings is 1. The number of rotatable bonds is 4. The number of hydrogen-bond acceptors (Lipinski definition) is 2. The number of hydrogen-bond donors (Lipinski definition) is 1. The van der Waals surface area contributed by atoms with E-state index in [1.807, 2.05) is 13.8 Å². The quantitative estimate of drug-likeness (QED) is 0.865. The predicted molar refractivity (Wildman–Crippen MR) is 79.3 cm³/mol. The maximum absolute atomic E-state index is 13.9. The van der Waals surface area contributed by atoms with Gasteiger partial charge in [-0.15, -0.1) is 0 Å². The molecule has 1 saturated carbocycles. The summed E-state index contributed by atoms with van der Waals surface area (Å²) in [5.74, 6) is 4.84. The Morgan fingerprint density at radius 1 is 1.48 bits per heavy atom. The lowest BCUT2D eigenvalue weighted by Gasteiger charge is -2.27. The van der Waals surface area contributed by atoms with Crippen LogP contribution in [0.15, 0.2) is 18.2 Å². The first kappa shape index (κ1) is 15.5. The average Bonchev–Trinajstić information content (AvgIpc) is 3.26. The van der Waals surface area contributed by atoms with Crippen LogP contribution in [0.3, 0.4) is 0 Å². The van der Waals surface area contributed by atoms with Gasteiger partial charge in [0.15, 0.2) is 0 Å². The fourth-order valence-electron chi connectivity index (χ4n) is 2.16. The molecule has 1 N–H and O–H groups in total. The van der Waals surface area contributed by atoms with E-state index >= 15 is 0 Å². The lowest BCUT2D eigenvalue weighted by molar-refractivity contribution is 0.0695. The molecule has 1 fully saturated rings. The summed E-state index contributed by atoms with van der Waals surface area (Å²) in [5.41, 5.74) is 0.537. The van der Waals surface area contributed by atoms with E-state index in [1.165, 1.54) is 25.0 Å². The third-order valence-corrected chi connectivity index (χ3v) is 3.55. The molecule has 0 unspecified atom stereocenters. The van der Waals surface area contributed by atoms with Gasteiger partial charge in [0.2, 0.25) is 0 Å². The van der Waals surface area contributed by atoms with Crippen molar-refractivity contribution in [1.29, 1.82) is 0 Å². The molecule has 1 aromatic rings. The highest BCUT2D eigenvalue weighted by molar-refractivity contribution is 5.94. The zero-order chi connectivity index (χ0) is 15.4. The van der Waals surface area contributed by atoms with Gasteiger partial charge < -0.3 is 10.0 Å². The van der Waals surface area contributed by atoms with E-state index in [-0.39, 0.29) is 24.1 Å². The molecule has 0 saturated heterocycles. The van der Waals surface area contributed by atoms with Crippen molar-refractivity contribution in [3.8, 4) is 11.8 Å². The predicted octanol–water partition coefficient (Wildman–Crippen LogP) is 2.43. The molecule has 21 heavy (non-hydrogen) atoms. The van der Waals surface area contributed by atoms with Crippen LogP contribution in [0.2, 0.25) is 0 Å². The summed E-state index contributed by atoms with van der Waals surface area (Å²) in [7, 11) is 0. The second-order valence-electron chi connectivity index (χ2n) is 5.65. The molecule has 112 valence electrons. The molecule has 0 atom stereocenters. The molecule has 1 amide bonds. The third-order valence-electron chi connectivity index (χ3n) is 3.55. The molecule has 0 heterocycles. The smallest absolute Gasteiger partial charge is 0.254 e. The van der Waals surface area contributed by atoms with Crippen LogP contribution in [0, 0.1) is 23.6 Å². The standard InChI is InChI=1S/C17H20FNO2/c1-12(2)19(11-13-5-6-13)17(21)15-8-7-14(4-3-9-20)16(18)10-15/h7-8,10,12-13,20H,5-6,9,11H2,1-2H3. The van der Waals surface area contributed by atoms with Crippen molar-refractivity contribution in [2.24, 2.45) is 5.92 Å². The first-order valence-corrected chi connectivity index (χ1v) is 7.23. The molecule has 3 nitrogen and oxygen atoms in total. The average molecular weight is 289 g/mol. The van der Waals surface area contributed by atoms with Crippen LogP contribution in [-0.4, -0.2) is 35.1 Å². The Hall–Kier alpha value is -1.86. The van der Waals surface area contributed by atoms with Crippen LogP contribution in [0.4, 0.5) is 4.39 Å². The maximum atomic E-state index is 13.9. The van der Waals surface area contributed by atoms with Gasteiger partial charge in [-0.3, -0.25) is 4.79 Å². The van der Waals surface area contributed by atoms with Crippen LogP contribution < -0.4 is 0 Å². The van der Waals surface area contributed by atoms with E-state index in [2.05, 4.69) is 11.8 Å². The topological polar surface area (TPSA) is 40.5 Å². The van der Waals surface area contributed by atoms with E-state index in [9.17, 15) is 9.18 Å². The Bertz CT molecular complexity index is 582. The van der Waals surface area contributed by atoms with Gasteiger partial charge in [0.25, 0.3) is 5.91 Å². The fourth-order valence-corrected chi connectivity index (χ4v) is 2.16. The van der Waals surface area contributed by atoms with Crippen molar-refractivity contribution in [2.75, 3.05) is 13.2 Å². The molecule has 1 aliphatic carbocycles. The summed E-state index contributed by atoms with van der Waals surface area (Å²) >= 11 is 0. The number of aliphatic hydroxyl groups excluding tert-OH is 1. The third kappa shape index (κ3) is 4.05. The van der Waals surface area contributed by atoms with Crippen LogP contribution in [0.1, 0.15) is 42.6 Å². The minimum Gasteiger partial charge on any atom is -0.384 e. The molecule has 0 aromatic heterocycles. The van der Waals surface area contributed by atoms with E-state index in [4.69, 9.17) is 5.11 Å². The second-order valence-corrected chi connectivity index (χ2v) is 5.65. The number of nitrogens with zero attached hydrogens (tertiary/aromatic N) is 1. The van der Waals surface area contributed by atoms with Crippen molar-refractivity contribution in [3.63, 3.8) is 0 Å². The summed E-state index contributed by atoms with van der Waals surface area (Å²) in [4.78, 5) is 14.3. The van der Waals surface area contributed by atoms with Gasteiger partial charge in [-0.05, 0) is 50.8 Å². The van der Waals surface area contributed by atoms with Crippen LogP contribution in [-0.2, 0) is 0 Å². The largest absolute Gasteiger partial charge is 0.384 e. The Kier molecular flexibility index (Phi) is 4.98. The summed E-state index contributed by atoms with van der Waals surface area (Å²) < 4.78 is 13.9. The summed E-state index contributed by atoms with van der Waals surface area (Å²) in [5, 5.41) is 8.63. The Morgan fingerprint density at radius 2 is 2.19 bits per heavy atom. The number of amides is 1. The number of carbonyl (C=O) groups is 1. The second kappa shape index (κ2) is 6.73. The van der Waals surface area contributed by atoms with Crippen LogP contribution in [0.25, 0.3) is 0 Å². The van der Waals surface area contributed by atoms with Gasteiger partial charge >= 0.3 is 0 Å². The first-order chi connectivity index (χ1) is 10.0. The number of halogens is 1. The van der Waals surface area contributed by atoms with Crippen molar-refractivity contribution >= 4 is 5.91 Å². The van der Waals surface area contributed by atoms with Crippen LogP contribution >= 0.6 is 0 Å². The normalized spacial score (nSPS) is 13.8. The minimum atomic E-state index is -0.531. The van der Waals surface area contributed by atoms with E-state index in [1.54, 1.807) is 11.0 Å². The van der Waals surface area contributed by atoms with Crippen molar-refractivity contribution in [1.82, 2.24) is 4.90 Å². The van der Waals surface area contributed by atoms with Crippen molar-refractivity contribution in [2.45, 2.75) is 32.7 Å². The molecule has 0 aliphatic heterocycles. The first-order valence-electron chi connectivity index (χ1n) is 7.23. The Morgan fingerprint density at radius 3 is 2.71 bits per heavy atom. The zero-order valence-corrected chi connectivity index (χ0v) is 12.4. The fraction of sp³-hybridized carbons (Fsp3) is 0.471. The Balaban J connectivity index is 2.19. The molecule has 4 heteroatoms. The summed E-state index contributed by atoms with van der Waals surface area (Å²) in [6.45, 7) is 4.36. The van der Waals surface area contributed by atoms with Gasteiger partial charge in [0, 0.05) is 18.2 Å². The highest BCUT2D eigenvalue weighted by Gasteiger charge is 2.28. The SMILES string of the molecule is CC(C)N(CC1CC1)C(=O)c1ccc(C#CCO)c(F)c1. The highest BCUT2D eigenvalue weighted by atomic mass is 19.1. The lowest BCUT2D eigenvalue weighted by Crippen LogP contribution is -2.38. The number of carbonyl (C=O) groups excluding carboxylic acids is 1. The molecular formula is C17H20FNO2. The molecule has 0 bridgehead atoms. The van der Waals surface area contributed by atoms with Gasteiger partial charge in [0.05, 0.1) is 5.56 Å². The van der Waals surface area contributed by atoms with Gasteiger partial charge in [-0.2, -0.15) is 0 Å². The van der Waals surface area contributed by atoms with Crippen molar-refractivity contribution in [3.05, 3.63) is 35.1 Å². The molecule has 1 aliphatic rings. The van der Waals surface area contributed by atoms with Gasteiger partial charge in [0.1, 0.15) is 12.4 Å². The van der Waals surface area contributed by atoms with E-state index in [0.717, 1.165) is 6.54 Å². The monoisotopic (exact) mass is 289 g/mol. The highest BCUT2D eigenvalue weighted by Crippen LogP contribution is 2.30. The molecular weight excluding hydrogens is 269 g/mol. The maximum Gasteiger partial charge on any atom is 0.254 e. The van der Waals surface area contributed by atoms with Crippen LogP contribution in [0.5, 0.6) is 0 Å². The molecule has 0 radical (unpaired) electrons. The molecule has 0 spiro atoms. The Labute approximate surface area is 124 Å². The summed E-state index contributed by atoms with van der Waals surface area (Å²) in [6.07, 6.45) is 2.33. The zero-order valence-electron chi connectivity index (χ0n) is 12.4. The van der Waals surface area contributed by atoms with Crippen molar-refractivity contribution < 1.29 is 14.3 Å².